The normalized spacial score (nSPS) is 19.7. The molecular formula is C19H21N5O3. The van der Waals surface area contributed by atoms with Gasteiger partial charge in [-0.3, -0.25) is 19.4 Å². The summed E-state index contributed by atoms with van der Waals surface area (Å²) in [6.45, 7) is 1.84. The Bertz CT molecular complexity index is 911. The molecule has 4 rings (SSSR count). The number of rotatable bonds is 3. The fourth-order valence-corrected chi connectivity index (χ4v) is 3.79. The van der Waals surface area contributed by atoms with E-state index in [-0.39, 0.29) is 29.7 Å². The van der Waals surface area contributed by atoms with Gasteiger partial charge in [0.15, 0.2) is 0 Å². The molecule has 0 saturated carbocycles. The van der Waals surface area contributed by atoms with E-state index in [1.54, 1.807) is 16.0 Å². The minimum atomic E-state index is -0.339. The monoisotopic (exact) mass is 367 g/mol. The van der Waals surface area contributed by atoms with Gasteiger partial charge in [0.2, 0.25) is 11.8 Å². The maximum atomic E-state index is 13.0. The zero-order valence-corrected chi connectivity index (χ0v) is 14.9. The van der Waals surface area contributed by atoms with Gasteiger partial charge in [0.25, 0.3) is 5.56 Å². The molecule has 1 unspecified atom stereocenters. The van der Waals surface area contributed by atoms with E-state index in [0.29, 0.717) is 44.6 Å². The van der Waals surface area contributed by atoms with Gasteiger partial charge in [-0.25, -0.2) is 4.98 Å². The highest BCUT2D eigenvalue weighted by molar-refractivity contribution is 5.89. The average molecular weight is 367 g/mol. The van der Waals surface area contributed by atoms with Crippen LogP contribution in [0.5, 0.6) is 0 Å². The molecule has 4 heterocycles. The lowest BCUT2D eigenvalue weighted by atomic mass is 10.1. The topological polar surface area (TPSA) is 99.3 Å². The summed E-state index contributed by atoms with van der Waals surface area (Å²) < 4.78 is 0. The molecule has 8 nitrogen and oxygen atoms in total. The lowest BCUT2D eigenvalue weighted by Gasteiger charge is -2.23. The molecule has 1 N–H and O–H groups in total. The summed E-state index contributed by atoms with van der Waals surface area (Å²) in [4.78, 5) is 51.8. The number of hydrogen-bond donors (Lipinski definition) is 1. The van der Waals surface area contributed by atoms with Crippen molar-refractivity contribution < 1.29 is 9.59 Å². The number of hydrogen-bond acceptors (Lipinski definition) is 5. The van der Waals surface area contributed by atoms with Crippen molar-refractivity contribution in [1.82, 2.24) is 24.8 Å². The van der Waals surface area contributed by atoms with Crippen LogP contribution in [-0.4, -0.2) is 56.2 Å². The van der Waals surface area contributed by atoms with Gasteiger partial charge in [-0.05, 0) is 18.6 Å². The number of aromatic nitrogens is 3. The van der Waals surface area contributed by atoms with Gasteiger partial charge in [0.05, 0.1) is 30.2 Å². The first kappa shape index (κ1) is 17.4. The Kier molecular flexibility index (Phi) is 4.70. The first-order chi connectivity index (χ1) is 13.1. The van der Waals surface area contributed by atoms with Crippen LogP contribution in [0.2, 0.25) is 0 Å². The molecule has 8 heteroatoms. The number of H-pyrrole nitrogens is 1. The summed E-state index contributed by atoms with van der Waals surface area (Å²) in [6, 6.07) is 5.59. The minimum absolute atomic E-state index is 0.0175. The quantitative estimate of drug-likeness (QED) is 0.832. The van der Waals surface area contributed by atoms with E-state index < -0.39 is 0 Å². The number of nitrogens with one attached hydrogen (secondary N) is 1. The van der Waals surface area contributed by atoms with E-state index in [4.69, 9.17) is 0 Å². The molecule has 0 bridgehead atoms. The third-order valence-electron chi connectivity index (χ3n) is 5.24. The molecule has 2 aromatic heterocycles. The molecule has 0 radical (unpaired) electrons. The van der Waals surface area contributed by atoms with Gasteiger partial charge < -0.3 is 14.8 Å². The largest absolute Gasteiger partial charge is 0.342 e. The predicted octanol–water partition coefficient (Wildman–Crippen LogP) is 0.141. The molecule has 0 aliphatic carbocycles. The molecule has 2 amide bonds. The molecule has 1 atom stereocenters. The summed E-state index contributed by atoms with van der Waals surface area (Å²) in [5, 5.41) is 0. The van der Waals surface area contributed by atoms with Crippen molar-refractivity contribution in [3.8, 4) is 0 Å². The molecule has 0 spiro atoms. The van der Waals surface area contributed by atoms with Crippen molar-refractivity contribution in [1.29, 1.82) is 0 Å². The van der Waals surface area contributed by atoms with E-state index in [0.717, 1.165) is 11.4 Å². The SMILES string of the molecule is O=C1CC(C(=O)N2CCc3nc[nH]c(=O)c3CC2)CN1Cc1ccccn1. The number of likely N-dealkylation sites (tertiary alicyclic amines) is 1. The first-order valence-corrected chi connectivity index (χ1v) is 9.13. The predicted molar refractivity (Wildman–Crippen MR) is 96.6 cm³/mol. The van der Waals surface area contributed by atoms with E-state index in [2.05, 4.69) is 15.0 Å². The molecule has 27 heavy (non-hydrogen) atoms. The zero-order chi connectivity index (χ0) is 18.8. The Morgan fingerprint density at radius 3 is 2.85 bits per heavy atom. The lowest BCUT2D eigenvalue weighted by molar-refractivity contribution is -0.135. The van der Waals surface area contributed by atoms with Crippen LogP contribution >= 0.6 is 0 Å². The maximum Gasteiger partial charge on any atom is 0.254 e. The van der Waals surface area contributed by atoms with E-state index in [9.17, 15) is 14.4 Å². The first-order valence-electron chi connectivity index (χ1n) is 9.13. The van der Waals surface area contributed by atoms with E-state index in [1.165, 1.54) is 6.33 Å². The number of fused-ring (bicyclic) bond motifs is 1. The molecule has 2 aromatic rings. The maximum absolute atomic E-state index is 13.0. The van der Waals surface area contributed by atoms with Crippen molar-refractivity contribution in [2.75, 3.05) is 19.6 Å². The molecule has 0 aromatic carbocycles. The third kappa shape index (κ3) is 3.60. The standard InChI is InChI=1S/C19H21N5O3/c25-17-9-13(10-24(17)11-14-3-1-2-6-20-14)19(27)23-7-4-15-16(5-8-23)21-12-22-18(15)26/h1-3,6,12-13H,4-5,7-11H2,(H,21,22,26). The smallest absolute Gasteiger partial charge is 0.254 e. The zero-order valence-electron chi connectivity index (χ0n) is 14.9. The Labute approximate surface area is 156 Å². The Balaban J connectivity index is 1.41. The van der Waals surface area contributed by atoms with Crippen LogP contribution in [-0.2, 0) is 29.0 Å². The lowest BCUT2D eigenvalue weighted by Crippen LogP contribution is -2.39. The Morgan fingerprint density at radius 2 is 2.04 bits per heavy atom. The van der Waals surface area contributed by atoms with Crippen LogP contribution in [0.25, 0.3) is 0 Å². The number of nitrogens with zero attached hydrogens (tertiary/aromatic N) is 4. The minimum Gasteiger partial charge on any atom is -0.342 e. The van der Waals surface area contributed by atoms with Gasteiger partial charge in [0, 0.05) is 44.2 Å². The van der Waals surface area contributed by atoms with Gasteiger partial charge in [-0.1, -0.05) is 6.07 Å². The second kappa shape index (κ2) is 7.30. The molecular weight excluding hydrogens is 346 g/mol. The van der Waals surface area contributed by atoms with Crippen LogP contribution in [0.15, 0.2) is 35.5 Å². The van der Waals surface area contributed by atoms with Gasteiger partial charge in [0.1, 0.15) is 0 Å². The van der Waals surface area contributed by atoms with E-state index >= 15 is 0 Å². The average Bonchev–Trinajstić information content (AvgIpc) is 2.90. The molecule has 1 saturated heterocycles. The number of carbonyl (C=O) groups excluding carboxylic acids is 2. The van der Waals surface area contributed by atoms with Crippen molar-refractivity contribution in [2.45, 2.75) is 25.8 Å². The van der Waals surface area contributed by atoms with Crippen LogP contribution in [0, 0.1) is 5.92 Å². The number of pyridine rings is 1. The van der Waals surface area contributed by atoms with Gasteiger partial charge in [-0.2, -0.15) is 0 Å². The van der Waals surface area contributed by atoms with Crippen LogP contribution in [0.4, 0.5) is 0 Å². The summed E-state index contributed by atoms with van der Waals surface area (Å²) in [7, 11) is 0. The van der Waals surface area contributed by atoms with Crippen LogP contribution in [0.3, 0.4) is 0 Å². The fourth-order valence-electron chi connectivity index (χ4n) is 3.79. The summed E-state index contributed by atoms with van der Waals surface area (Å²) >= 11 is 0. The fraction of sp³-hybridized carbons (Fsp3) is 0.421. The van der Waals surface area contributed by atoms with Crippen LogP contribution < -0.4 is 5.56 Å². The third-order valence-corrected chi connectivity index (χ3v) is 5.24. The van der Waals surface area contributed by atoms with Crippen molar-refractivity contribution in [3.05, 3.63) is 58.0 Å². The van der Waals surface area contributed by atoms with E-state index in [1.807, 2.05) is 18.2 Å². The van der Waals surface area contributed by atoms with Crippen molar-refractivity contribution in [3.63, 3.8) is 0 Å². The van der Waals surface area contributed by atoms with Gasteiger partial charge in [-0.15, -0.1) is 0 Å². The highest BCUT2D eigenvalue weighted by atomic mass is 16.2. The van der Waals surface area contributed by atoms with Crippen LogP contribution in [0.1, 0.15) is 23.4 Å². The molecule has 140 valence electrons. The van der Waals surface area contributed by atoms with Crippen molar-refractivity contribution in [2.24, 2.45) is 5.92 Å². The number of amides is 2. The summed E-state index contributed by atoms with van der Waals surface area (Å²) in [5.41, 5.74) is 2.10. The Hall–Kier alpha value is -3.03. The summed E-state index contributed by atoms with van der Waals surface area (Å²) in [5.74, 6) is -0.375. The number of aromatic amines is 1. The second-order valence-electron chi connectivity index (χ2n) is 6.98. The second-order valence-corrected chi connectivity index (χ2v) is 6.98. The summed E-state index contributed by atoms with van der Waals surface area (Å²) in [6.07, 6.45) is 4.38. The molecule has 2 aliphatic rings. The number of carbonyl (C=O) groups is 2. The van der Waals surface area contributed by atoms with Gasteiger partial charge >= 0.3 is 0 Å². The Morgan fingerprint density at radius 1 is 1.19 bits per heavy atom. The van der Waals surface area contributed by atoms with Crippen molar-refractivity contribution >= 4 is 11.8 Å². The highest BCUT2D eigenvalue weighted by Crippen LogP contribution is 2.23. The molecule has 2 aliphatic heterocycles. The molecule has 1 fully saturated rings. The highest BCUT2D eigenvalue weighted by Gasteiger charge is 2.37.